The Kier molecular flexibility index (Phi) is 3.82. The summed E-state index contributed by atoms with van der Waals surface area (Å²) >= 11 is 15.4. The van der Waals surface area contributed by atoms with E-state index in [4.69, 9.17) is 27.6 Å². The average molecular weight is 384 g/mol. The van der Waals surface area contributed by atoms with Crippen LogP contribution in [0.3, 0.4) is 0 Å². The van der Waals surface area contributed by atoms with Gasteiger partial charge in [-0.15, -0.1) is 0 Å². The van der Waals surface area contributed by atoms with Gasteiger partial charge in [0.1, 0.15) is 5.58 Å². The Morgan fingerprint density at radius 3 is 2.62 bits per heavy atom. The number of benzene rings is 2. The van der Waals surface area contributed by atoms with E-state index in [1.54, 1.807) is 36.4 Å². The summed E-state index contributed by atoms with van der Waals surface area (Å²) in [5.41, 5.74) is 1.80. The minimum atomic E-state index is -0.239. The Morgan fingerprint density at radius 1 is 1.14 bits per heavy atom. The molecule has 2 aromatic carbocycles. The first kappa shape index (κ1) is 14.6. The summed E-state index contributed by atoms with van der Waals surface area (Å²) in [5, 5.41) is 1.82. The first-order valence-corrected chi connectivity index (χ1v) is 7.70. The predicted molar refractivity (Wildman–Crippen MR) is 88.5 cm³/mol. The number of ketones is 1. The largest absolute Gasteiger partial charge is 0.452 e. The Hall–Kier alpha value is -1.29. The van der Waals surface area contributed by atoms with Gasteiger partial charge in [-0.3, -0.25) is 4.79 Å². The van der Waals surface area contributed by atoms with Crippen LogP contribution in [0.4, 0.5) is 0 Å². The van der Waals surface area contributed by atoms with Crippen molar-refractivity contribution in [1.82, 2.24) is 0 Å². The molecule has 0 unspecified atom stereocenters. The van der Waals surface area contributed by atoms with Crippen LogP contribution in [0.25, 0.3) is 11.0 Å². The van der Waals surface area contributed by atoms with Crippen molar-refractivity contribution < 1.29 is 9.21 Å². The van der Waals surface area contributed by atoms with E-state index in [0.29, 0.717) is 21.2 Å². The van der Waals surface area contributed by atoms with Crippen LogP contribution in [0.1, 0.15) is 21.7 Å². The van der Waals surface area contributed by atoms with Crippen molar-refractivity contribution in [2.45, 2.75) is 6.92 Å². The highest BCUT2D eigenvalue weighted by molar-refractivity contribution is 9.10. The van der Waals surface area contributed by atoms with Crippen molar-refractivity contribution in [2.75, 3.05) is 0 Å². The molecule has 1 heterocycles. The molecular formula is C16H9BrCl2O2. The van der Waals surface area contributed by atoms with Crippen molar-refractivity contribution in [1.29, 1.82) is 0 Å². The summed E-state index contributed by atoms with van der Waals surface area (Å²) < 4.78 is 6.49. The third-order valence-corrected chi connectivity index (χ3v) is 4.32. The number of carbonyl (C=O) groups is 1. The van der Waals surface area contributed by atoms with Gasteiger partial charge >= 0.3 is 0 Å². The van der Waals surface area contributed by atoms with Crippen LogP contribution in [0.5, 0.6) is 0 Å². The number of halogens is 3. The van der Waals surface area contributed by atoms with E-state index < -0.39 is 0 Å². The molecule has 21 heavy (non-hydrogen) atoms. The second-order valence-electron chi connectivity index (χ2n) is 4.65. The monoisotopic (exact) mass is 382 g/mol. The molecule has 0 radical (unpaired) electrons. The summed E-state index contributed by atoms with van der Waals surface area (Å²) in [6, 6.07) is 10.4. The van der Waals surface area contributed by atoms with Crippen LogP contribution in [0.15, 0.2) is 45.3 Å². The molecule has 0 bridgehead atoms. The van der Waals surface area contributed by atoms with Crippen LogP contribution in [-0.4, -0.2) is 5.78 Å². The maximum atomic E-state index is 12.6. The Labute approximate surface area is 139 Å². The fraction of sp³-hybridized carbons (Fsp3) is 0.0625. The second-order valence-corrected chi connectivity index (χ2v) is 6.41. The molecule has 0 aliphatic carbocycles. The quantitative estimate of drug-likeness (QED) is 0.505. The minimum absolute atomic E-state index is 0.239. The molecule has 5 heteroatoms. The zero-order chi connectivity index (χ0) is 15.1. The molecule has 0 aliphatic rings. The summed E-state index contributed by atoms with van der Waals surface area (Å²) in [4.78, 5) is 12.6. The molecule has 2 nitrogen and oxygen atoms in total. The zero-order valence-electron chi connectivity index (χ0n) is 10.9. The predicted octanol–water partition coefficient (Wildman–Crippen LogP) is 6.04. The van der Waals surface area contributed by atoms with E-state index in [9.17, 15) is 4.79 Å². The van der Waals surface area contributed by atoms with Crippen molar-refractivity contribution in [3.8, 4) is 0 Å². The van der Waals surface area contributed by atoms with E-state index in [1.807, 2.05) is 6.92 Å². The number of aryl methyl sites for hydroxylation is 1. The third kappa shape index (κ3) is 2.61. The van der Waals surface area contributed by atoms with Crippen LogP contribution >= 0.6 is 39.1 Å². The van der Waals surface area contributed by atoms with Gasteiger partial charge < -0.3 is 4.42 Å². The molecule has 3 aromatic rings. The lowest BCUT2D eigenvalue weighted by Crippen LogP contribution is -2.02. The van der Waals surface area contributed by atoms with Gasteiger partial charge in [0.15, 0.2) is 5.76 Å². The number of fused-ring (bicyclic) bond motifs is 1. The van der Waals surface area contributed by atoms with Gasteiger partial charge in [0.2, 0.25) is 5.78 Å². The van der Waals surface area contributed by atoms with Crippen molar-refractivity contribution in [2.24, 2.45) is 0 Å². The smallest absolute Gasteiger partial charge is 0.229 e. The second kappa shape index (κ2) is 5.48. The molecule has 1 aromatic heterocycles. The standard InChI is InChI=1S/C16H9BrCl2O2/c1-8-12-7-10(18)3-5-14(12)21-16(8)15(20)11-4-2-9(17)6-13(11)19/h2-7H,1H3. The molecule has 0 amide bonds. The lowest BCUT2D eigenvalue weighted by atomic mass is 10.0. The fourth-order valence-electron chi connectivity index (χ4n) is 2.21. The summed E-state index contributed by atoms with van der Waals surface area (Å²) in [6.45, 7) is 1.84. The van der Waals surface area contributed by atoms with Crippen LogP contribution in [-0.2, 0) is 0 Å². The van der Waals surface area contributed by atoms with E-state index in [0.717, 1.165) is 15.4 Å². The molecule has 0 saturated heterocycles. The zero-order valence-corrected chi connectivity index (χ0v) is 14.0. The van der Waals surface area contributed by atoms with Gasteiger partial charge in [-0.25, -0.2) is 0 Å². The van der Waals surface area contributed by atoms with Crippen molar-refractivity contribution in [3.05, 3.63) is 67.8 Å². The molecule has 0 atom stereocenters. The SMILES string of the molecule is Cc1c(C(=O)c2ccc(Br)cc2Cl)oc2ccc(Cl)cc12. The molecule has 0 fully saturated rings. The number of hydrogen-bond acceptors (Lipinski definition) is 2. The van der Waals surface area contributed by atoms with E-state index in [1.165, 1.54) is 0 Å². The van der Waals surface area contributed by atoms with Gasteiger partial charge in [0, 0.05) is 26.0 Å². The van der Waals surface area contributed by atoms with Crippen LogP contribution in [0, 0.1) is 6.92 Å². The third-order valence-electron chi connectivity index (χ3n) is 3.28. The van der Waals surface area contributed by atoms with Crippen LogP contribution < -0.4 is 0 Å². The van der Waals surface area contributed by atoms with Crippen molar-refractivity contribution >= 4 is 55.9 Å². The summed E-state index contributed by atoms with van der Waals surface area (Å²) in [7, 11) is 0. The lowest BCUT2D eigenvalue weighted by molar-refractivity contribution is 0.101. The number of rotatable bonds is 2. The highest BCUT2D eigenvalue weighted by Crippen LogP contribution is 2.31. The van der Waals surface area contributed by atoms with E-state index >= 15 is 0 Å². The molecule has 0 saturated carbocycles. The Balaban J connectivity index is 2.15. The molecular weight excluding hydrogens is 375 g/mol. The topological polar surface area (TPSA) is 30.2 Å². The number of carbonyl (C=O) groups excluding carboxylic acids is 1. The van der Waals surface area contributed by atoms with Crippen molar-refractivity contribution in [3.63, 3.8) is 0 Å². The van der Waals surface area contributed by atoms with Gasteiger partial charge in [0.25, 0.3) is 0 Å². The van der Waals surface area contributed by atoms with E-state index in [-0.39, 0.29) is 11.5 Å². The molecule has 106 valence electrons. The maximum absolute atomic E-state index is 12.6. The summed E-state index contributed by atoms with van der Waals surface area (Å²) in [6.07, 6.45) is 0. The highest BCUT2D eigenvalue weighted by Gasteiger charge is 2.21. The lowest BCUT2D eigenvalue weighted by Gasteiger charge is -2.02. The van der Waals surface area contributed by atoms with E-state index in [2.05, 4.69) is 15.9 Å². The molecule has 0 aliphatic heterocycles. The number of hydrogen-bond donors (Lipinski definition) is 0. The Bertz CT molecular complexity index is 868. The molecule has 3 rings (SSSR count). The fourth-order valence-corrected chi connectivity index (χ4v) is 3.14. The van der Waals surface area contributed by atoms with Gasteiger partial charge in [-0.2, -0.15) is 0 Å². The maximum Gasteiger partial charge on any atom is 0.229 e. The van der Waals surface area contributed by atoms with Gasteiger partial charge in [-0.1, -0.05) is 39.1 Å². The van der Waals surface area contributed by atoms with Crippen LogP contribution in [0.2, 0.25) is 10.0 Å². The first-order valence-electron chi connectivity index (χ1n) is 6.16. The minimum Gasteiger partial charge on any atom is -0.452 e. The molecule has 0 spiro atoms. The van der Waals surface area contributed by atoms with Gasteiger partial charge in [-0.05, 0) is 43.3 Å². The highest BCUT2D eigenvalue weighted by atomic mass is 79.9. The molecule has 0 N–H and O–H groups in total. The summed E-state index contributed by atoms with van der Waals surface area (Å²) in [5.74, 6) is 0.0498. The normalized spacial score (nSPS) is 11.0. The number of furan rings is 1. The Morgan fingerprint density at radius 2 is 1.90 bits per heavy atom. The average Bonchev–Trinajstić information content (AvgIpc) is 2.75. The first-order chi connectivity index (χ1) is 9.97. The van der Waals surface area contributed by atoms with Gasteiger partial charge in [0.05, 0.1) is 5.02 Å².